The molecule has 1 aromatic carbocycles. The molecule has 0 radical (unpaired) electrons. The van der Waals surface area contributed by atoms with Crippen LogP contribution in [0.15, 0.2) is 55.1 Å². The molecule has 42 heavy (non-hydrogen) atoms. The van der Waals surface area contributed by atoms with E-state index in [-0.39, 0.29) is 40.8 Å². The van der Waals surface area contributed by atoms with Crippen LogP contribution in [0.4, 0.5) is 19.4 Å². The number of hydrogen-bond acceptors (Lipinski definition) is 8. The van der Waals surface area contributed by atoms with Gasteiger partial charge in [0.15, 0.2) is 5.65 Å². The maximum atomic E-state index is 13.9. The summed E-state index contributed by atoms with van der Waals surface area (Å²) in [6.45, 7) is 3.56. The summed E-state index contributed by atoms with van der Waals surface area (Å²) in [4.78, 5) is 25.7. The number of ether oxygens (including phenoxy) is 1. The van der Waals surface area contributed by atoms with Gasteiger partial charge in [-0.1, -0.05) is 30.3 Å². The summed E-state index contributed by atoms with van der Waals surface area (Å²) >= 11 is 0. The first kappa shape index (κ1) is 28.1. The molecule has 1 amide bonds. The fourth-order valence-electron chi connectivity index (χ4n) is 5.83. The molecule has 0 aliphatic carbocycles. The van der Waals surface area contributed by atoms with E-state index in [2.05, 4.69) is 15.1 Å². The monoisotopic (exact) mass is 599 g/mol. The molecule has 0 N–H and O–H groups in total. The highest BCUT2D eigenvalue weighted by Gasteiger charge is 2.45. The second-order valence-electron chi connectivity index (χ2n) is 11.6. The number of aromatic nitrogens is 5. The topological polar surface area (TPSA) is 115 Å². The Labute approximate surface area is 241 Å². The summed E-state index contributed by atoms with van der Waals surface area (Å²) in [7, 11) is -4.07. The Morgan fingerprint density at radius 1 is 1.10 bits per heavy atom. The van der Waals surface area contributed by atoms with Gasteiger partial charge >= 0.3 is 12.6 Å². The molecule has 2 atom stereocenters. The van der Waals surface area contributed by atoms with Gasteiger partial charge in [0.2, 0.25) is 10.0 Å². The van der Waals surface area contributed by atoms with Crippen LogP contribution in [0.3, 0.4) is 0 Å². The number of nitrogens with zero attached hydrogens (tertiary/aromatic N) is 7. The number of alkyl halides is 2. The standard InChI is InChI=1S/C28H31F2N7O4S/c1-28(2,3)41-27(38)36-20-9-10-21(36)15-34(14-20)24-22-11-23(19-12-33-35(13-19)26(29)30)37(25(22)32-17-31-24)42(39,40)16-18-7-5-4-6-8-18/h4-8,11-13,17,20-21,26H,9-10,14-16H2,1-3H3. The number of benzene rings is 1. The van der Waals surface area contributed by atoms with Gasteiger partial charge in [0.25, 0.3) is 0 Å². The van der Waals surface area contributed by atoms with Crippen LogP contribution in [0, 0.1) is 0 Å². The molecule has 2 fully saturated rings. The molecule has 3 aromatic heterocycles. The molecule has 0 saturated carbocycles. The van der Waals surface area contributed by atoms with Crippen LogP contribution < -0.4 is 4.90 Å². The van der Waals surface area contributed by atoms with Crippen molar-refractivity contribution in [1.29, 1.82) is 0 Å². The molecule has 0 spiro atoms. The van der Waals surface area contributed by atoms with Crippen molar-refractivity contribution in [2.24, 2.45) is 0 Å². The second-order valence-corrected chi connectivity index (χ2v) is 13.5. The fraction of sp³-hybridized carbons (Fsp3) is 0.429. The van der Waals surface area contributed by atoms with Gasteiger partial charge < -0.3 is 9.64 Å². The predicted molar refractivity (Wildman–Crippen MR) is 152 cm³/mol. The van der Waals surface area contributed by atoms with E-state index in [4.69, 9.17) is 4.74 Å². The van der Waals surface area contributed by atoms with Gasteiger partial charge in [-0.3, -0.25) is 4.90 Å². The highest BCUT2D eigenvalue weighted by molar-refractivity contribution is 7.89. The van der Waals surface area contributed by atoms with Gasteiger partial charge in [0, 0.05) is 24.8 Å². The van der Waals surface area contributed by atoms with Gasteiger partial charge in [0.05, 0.1) is 35.1 Å². The number of halogens is 2. The zero-order valence-corrected chi connectivity index (χ0v) is 24.2. The van der Waals surface area contributed by atoms with Crippen LogP contribution in [0.5, 0.6) is 0 Å². The summed E-state index contributed by atoms with van der Waals surface area (Å²) in [6, 6.07) is 10.1. The first-order chi connectivity index (χ1) is 19.9. The second kappa shape index (κ2) is 10.3. The van der Waals surface area contributed by atoms with Gasteiger partial charge in [-0.15, -0.1) is 0 Å². The SMILES string of the molecule is CC(C)(C)OC(=O)N1C2CCC1CN(c1ncnc3c1cc(-c1cnn(C(F)F)c1)n3S(=O)(=O)Cc1ccccc1)C2. The summed E-state index contributed by atoms with van der Waals surface area (Å²) < 4.78 is 61.8. The highest BCUT2D eigenvalue weighted by Crippen LogP contribution is 2.38. The molecular formula is C28H31F2N7O4S. The molecule has 2 aliphatic heterocycles. The third-order valence-electron chi connectivity index (χ3n) is 7.49. The van der Waals surface area contributed by atoms with E-state index in [0.29, 0.717) is 34.5 Å². The number of rotatable bonds is 6. The van der Waals surface area contributed by atoms with Crippen molar-refractivity contribution in [2.75, 3.05) is 18.0 Å². The number of piperazine rings is 1. The molecule has 2 unspecified atom stereocenters. The average Bonchev–Trinajstić information content (AvgIpc) is 3.62. The molecular weight excluding hydrogens is 568 g/mol. The highest BCUT2D eigenvalue weighted by atomic mass is 32.2. The number of fused-ring (bicyclic) bond motifs is 3. The van der Waals surface area contributed by atoms with Crippen LogP contribution in [0.1, 0.15) is 45.7 Å². The summed E-state index contributed by atoms with van der Waals surface area (Å²) in [5, 5.41) is 4.18. The quantitative estimate of drug-likeness (QED) is 0.315. The predicted octanol–water partition coefficient (Wildman–Crippen LogP) is 4.66. The van der Waals surface area contributed by atoms with E-state index in [1.165, 1.54) is 12.5 Å². The molecule has 222 valence electrons. The van der Waals surface area contributed by atoms with Crippen molar-refractivity contribution < 1.29 is 26.7 Å². The van der Waals surface area contributed by atoms with Crippen molar-refractivity contribution in [3.05, 3.63) is 60.7 Å². The van der Waals surface area contributed by atoms with Gasteiger partial charge in [-0.25, -0.2) is 31.8 Å². The average molecular weight is 600 g/mol. The number of carbonyl (C=O) groups excluding carboxylic acids is 1. The molecule has 11 nitrogen and oxygen atoms in total. The lowest BCUT2D eigenvalue weighted by atomic mass is 10.1. The zero-order chi connectivity index (χ0) is 29.8. The normalized spacial score (nSPS) is 19.2. The minimum atomic E-state index is -4.07. The largest absolute Gasteiger partial charge is 0.444 e. The van der Waals surface area contributed by atoms with Crippen molar-refractivity contribution in [3.63, 3.8) is 0 Å². The van der Waals surface area contributed by atoms with Crippen molar-refractivity contribution in [2.45, 2.75) is 63.6 Å². The minimum absolute atomic E-state index is 0.101. The lowest BCUT2D eigenvalue weighted by Gasteiger charge is -2.41. The van der Waals surface area contributed by atoms with Crippen LogP contribution in [0.25, 0.3) is 22.3 Å². The van der Waals surface area contributed by atoms with Crippen LogP contribution in [-0.4, -0.2) is 73.9 Å². The molecule has 2 aliphatic rings. The first-order valence-corrected chi connectivity index (χ1v) is 15.2. The van der Waals surface area contributed by atoms with Gasteiger partial charge in [0.1, 0.15) is 17.7 Å². The number of amides is 1. The fourth-order valence-corrected chi connectivity index (χ4v) is 7.44. The van der Waals surface area contributed by atoms with Gasteiger partial charge in [-0.05, 0) is 45.2 Å². The van der Waals surface area contributed by atoms with Crippen LogP contribution >= 0.6 is 0 Å². The number of hydrogen-bond donors (Lipinski definition) is 0. The Kier molecular flexibility index (Phi) is 6.90. The Morgan fingerprint density at radius 3 is 2.40 bits per heavy atom. The third kappa shape index (κ3) is 5.19. The number of carbonyl (C=O) groups is 1. The molecule has 6 rings (SSSR count). The lowest BCUT2D eigenvalue weighted by molar-refractivity contribution is 0.0122. The summed E-state index contributed by atoms with van der Waals surface area (Å²) in [5.74, 6) is 0.183. The summed E-state index contributed by atoms with van der Waals surface area (Å²) in [6.07, 6.45) is 4.89. The Hall–Kier alpha value is -4.07. The van der Waals surface area contributed by atoms with E-state index < -0.39 is 22.2 Å². The van der Waals surface area contributed by atoms with E-state index in [9.17, 15) is 22.0 Å². The van der Waals surface area contributed by atoms with E-state index in [1.807, 2.05) is 25.7 Å². The maximum absolute atomic E-state index is 13.9. The minimum Gasteiger partial charge on any atom is -0.444 e. The molecule has 2 saturated heterocycles. The lowest BCUT2D eigenvalue weighted by Crippen LogP contribution is -2.57. The van der Waals surface area contributed by atoms with E-state index in [1.54, 1.807) is 41.3 Å². The van der Waals surface area contributed by atoms with Crippen LogP contribution in [-0.2, 0) is 20.5 Å². The van der Waals surface area contributed by atoms with Gasteiger partial charge in [-0.2, -0.15) is 13.9 Å². The zero-order valence-electron chi connectivity index (χ0n) is 23.4. The smallest absolute Gasteiger partial charge is 0.410 e. The van der Waals surface area contributed by atoms with E-state index >= 15 is 0 Å². The van der Waals surface area contributed by atoms with Crippen molar-refractivity contribution >= 4 is 33.0 Å². The Balaban J connectivity index is 1.42. The van der Waals surface area contributed by atoms with Crippen molar-refractivity contribution in [1.82, 2.24) is 28.6 Å². The molecule has 14 heteroatoms. The van der Waals surface area contributed by atoms with E-state index in [0.717, 1.165) is 23.0 Å². The molecule has 2 bridgehead atoms. The van der Waals surface area contributed by atoms with Crippen LogP contribution in [0.2, 0.25) is 0 Å². The molecule has 4 aromatic rings. The summed E-state index contributed by atoms with van der Waals surface area (Å²) in [5.41, 5.74) is 0.445. The Bertz CT molecular complexity index is 1720. The third-order valence-corrected chi connectivity index (χ3v) is 9.11. The first-order valence-electron chi connectivity index (χ1n) is 13.6. The van der Waals surface area contributed by atoms with Crippen molar-refractivity contribution in [3.8, 4) is 11.3 Å². The maximum Gasteiger partial charge on any atom is 0.410 e. The Morgan fingerprint density at radius 2 is 1.79 bits per heavy atom. The number of anilines is 1. The molecule has 5 heterocycles.